The molecule has 0 spiro atoms. The predicted molar refractivity (Wildman–Crippen MR) is 80.7 cm³/mol. The Balaban J connectivity index is 2.28. The summed E-state index contributed by atoms with van der Waals surface area (Å²) in [5, 5.41) is 3.30. The molecule has 4 nitrogen and oxygen atoms in total. The van der Waals surface area contributed by atoms with Gasteiger partial charge in [-0.25, -0.2) is 13.1 Å². The molecule has 0 bridgehead atoms. The highest BCUT2D eigenvalue weighted by Crippen LogP contribution is 2.37. The van der Waals surface area contributed by atoms with Crippen LogP contribution in [0.2, 0.25) is 0 Å². The molecule has 0 amide bonds. The van der Waals surface area contributed by atoms with Gasteiger partial charge in [0.2, 0.25) is 10.0 Å². The largest absolute Gasteiger partial charge is 0.315 e. The average Bonchev–Trinajstić information content (AvgIpc) is 2.56. The molecule has 0 aromatic rings. The van der Waals surface area contributed by atoms with Crippen molar-refractivity contribution in [2.75, 3.05) is 12.3 Å². The summed E-state index contributed by atoms with van der Waals surface area (Å²) in [7, 11) is -3.11. The van der Waals surface area contributed by atoms with E-state index in [1.165, 1.54) is 0 Å². The fraction of sp³-hybridized carbons (Fsp3) is 1.00. The zero-order valence-corrected chi connectivity index (χ0v) is 13.6. The van der Waals surface area contributed by atoms with Crippen LogP contribution in [0.5, 0.6) is 0 Å². The summed E-state index contributed by atoms with van der Waals surface area (Å²) in [5.41, 5.74) is 0.103. The third kappa shape index (κ3) is 6.23. The van der Waals surface area contributed by atoms with E-state index in [4.69, 9.17) is 0 Å². The van der Waals surface area contributed by atoms with Gasteiger partial charge in [0.15, 0.2) is 0 Å². The van der Waals surface area contributed by atoms with Gasteiger partial charge in [0, 0.05) is 12.1 Å². The van der Waals surface area contributed by atoms with E-state index in [9.17, 15) is 8.42 Å². The molecule has 0 radical (unpaired) electrons. The molecule has 1 aliphatic carbocycles. The van der Waals surface area contributed by atoms with Gasteiger partial charge in [0.05, 0.1) is 5.75 Å². The van der Waals surface area contributed by atoms with E-state index in [1.807, 2.05) is 0 Å². The van der Waals surface area contributed by atoms with Crippen molar-refractivity contribution in [2.45, 2.75) is 71.9 Å². The molecule has 5 heteroatoms. The van der Waals surface area contributed by atoms with Gasteiger partial charge in [0.1, 0.15) is 0 Å². The number of unbranched alkanes of at least 4 members (excludes halogenated alkanes) is 1. The average molecular weight is 290 g/mol. The summed E-state index contributed by atoms with van der Waals surface area (Å²) in [6.45, 7) is 9.39. The highest BCUT2D eigenvalue weighted by Gasteiger charge is 2.36. The minimum Gasteiger partial charge on any atom is -0.315 e. The molecule has 0 heterocycles. The van der Waals surface area contributed by atoms with E-state index >= 15 is 0 Å². The number of sulfonamides is 1. The SMILES string of the molecule is CC(C)NCCCCS(=O)(=O)NC1CCCC1(C)C. The lowest BCUT2D eigenvalue weighted by Gasteiger charge is -2.27. The monoisotopic (exact) mass is 290 g/mol. The van der Waals surface area contributed by atoms with Crippen molar-refractivity contribution in [1.82, 2.24) is 10.0 Å². The first-order chi connectivity index (χ1) is 8.73. The zero-order chi connectivity index (χ0) is 14.5. The Hall–Kier alpha value is -0.130. The molecular weight excluding hydrogens is 260 g/mol. The Labute approximate surface area is 118 Å². The van der Waals surface area contributed by atoms with Crippen LogP contribution in [0.1, 0.15) is 59.8 Å². The maximum Gasteiger partial charge on any atom is 0.211 e. The minimum atomic E-state index is -3.11. The van der Waals surface area contributed by atoms with Crippen LogP contribution < -0.4 is 10.0 Å². The number of hydrogen-bond acceptors (Lipinski definition) is 3. The lowest BCUT2D eigenvalue weighted by molar-refractivity contribution is 0.313. The maximum atomic E-state index is 12.0. The van der Waals surface area contributed by atoms with Crippen LogP contribution in [-0.4, -0.2) is 32.8 Å². The normalized spacial score (nSPS) is 23.1. The molecule has 1 fully saturated rings. The highest BCUT2D eigenvalue weighted by molar-refractivity contribution is 7.89. The standard InChI is InChI=1S/C14H30N2O2S/c1-12(2)15-10-5-6-11-19(17,18)16-13-8-7-9-14(13,3)4/h12-13,15-16H,5-11H2,1-4H3. The van der Waals surface area contributed by atoms with Gasteiger partial charge < -0.3 is 5.32 Å². The molecular formula is C14H30N2O2S. The Morgan fingerprint density at radius 2 is 1.95 bits per heavy atom. The van der Waals surface area contributed by atoms with Crippen LogP contribution in [0.15, 0.2) is 0 Å². The fourth-order valence-corrected chi connectivity index (χ4v) is 4.20. The van der Waals surface area contributed by atoms with Crippen molar-refractivity contribution in [3.05, 3.63) is 0 Å². The van der Waals surface area contributed by atoms with Gasteiger partial charge in [-0.3, -0.25) is 0 Å². The number of hydrogen-bond donors (Lipinski definition) is 2. The topological polar surface area (TPSA) is 58.2 Å². The van der Waals surface area contributed by atoms with Crippen LogP contribution >= 0.6 is 0 Å². The molecule has 2 N–H and O–H groups in total. The third-order valence-electron chi connectivity index (χ3n) is 3.97. The maximum absolute atomic E-state index is 12.0. The van der Waals surface area contributed by atoms with E-state index < -0.39 is 10.0 Å². The summed E-state index contributed by atoms with van der Waals surface area (Å²) in [5.74, 6) is 0.249. The summed E-state index contributed by atoms with van der Waals surface area (Å²) < 4.78 is 27.0. The van der Waals surface area contributed by atoms with Crippen molar-refractivity contribution in [3.63, 3.8) is 0 Å². The molecule has 0 aromatic carbocycles. The van der Waals surface area contributed by atoms with Gasteiger partial charge in [0.25, 0.3) is 0 Å². The molecule has 19 heavy (non-hydrogen) atoms. The molecule has 1 saturated carbocycles. The van der Waals surface area contributed by atoms with Crippen molar-refractivity contribution in [1.29, 1.82) is 0 Å². The van der Waals surface area contributed by atoms with Crippen LogP contribution in [0, 0.1) is 5.41 Å². The van der Waals surface area contributed by atoms with Crippen LogP contribution in [0.4, 0.5) is 0 Å². The summed E-state index contributed by atoms with van der Waals surface area (Å²) >= 11 is 0. The summed E-state index contributed by atoms with van der Waals surface area (Å²) in [4.78, 5) is 0. The molecule has 1 rings (SSSR count). The Morgan fingerprint density at radius 1 is 1.26 bits per heavy atom. The van der Waals surface area contributed by atoms with Gasteiger partial charge >= 0.3 is 0 Å². The van der Waals surface area contributed by atoms with E-state index in [1.54, 1.807) is 0 Å². The quantitative estimate of drug-likeness (QED) is 0.674. The molecule has 1 aliphatic rings. The number of rotatable bonds is 8. The second kappa shape index (κ2) is 7.04. The third-order valence-corrected chi connectivity index (χ3v) is 5.44. The minimum absolute atomic E-state index is 0.103. The van der Waals surface area contributed by atoms with E-state index in [-0.39, 0.29) is 17.2 Å². The molecule has 0 aliphatic heterocycles. The Bertz CT molecular complexity index is 364. The molecule has 114 valence electrons. The predicted octanol–water partition coefficient (Wildman–Crippen LogP) is 2.26. The van der Waals surface area contributed by atoms with E-state index in [0.29, 0.717) is 6.04 Å². The first-order valence-corrected chi connectivity index (χ1v) is 9.11. The number of nitrogens with one attached hydrogen (secondary N) is 2. The van der Waals surface area contributed by atoms with Crippen molar-refractivity contribution >= 4 is 10.0 Å². The molecule has 0 saturated heterocycles. The molecule has 1 unspecified atom stereocenters. The smallest absolute Gasteiger partial charge is 0.211 e. The van der Waals surface area contributed by atoms with Crippen molar-refractivity contribution in [2.24, 2.45) is 5.41 Å². The van der Waals surface area contributed by atoms with E-state index in [0.717, 1.165) is 38.6 Å². The molecule has 0 aromatic heterocycles. The lowest BCUT2D eigenvalue weighted by Crippen LogP contribution is -2.42. The first-order valence-electron chi connectivity index (χ1n) is 7.46. The summed E-state index contributed by atoms with van der Waals surface area (Å²) in [6.07, 6.45) is 4.84. The fourth-order valence-electron chi connectivity index (χ4n) is 2.63. The van der Waals surface area contributed by atoms with Crippen molar-refractivity contribution < 1.29 is 8.42 Å². The molecule has 1 atom stereocenters. The second-order valence-corrected chi connectivity index (χ2v) is 8.56. The van der Waals surface area contributed by atoms with Gasteiger partial charge in [-0.15, -0.1) is 0 Å². The Kier molecular flexibility index (Phi) is 6.27. The van der Waals surface area contributed by atoms with Crippen molar-refractivity contribution in [3.8, 4) is 0 Å². The Morgan fingerprint density at radius 3 is 2.47 bits per heavy atom. The first kappa shape index (κ1) is 16.9. The zero-order valence-electron chi connectivity index (χ0n) is 12.8. The second-order valence-electron chi connectivity index (χ2n) is 6.69. The van der Waals surface area contributed by atoms with Crippen LogP contribution in [-0.2, 0) is 10.0 Å². The van der Waals surface area contributed by atoms with Gasteiger partial charge in [-0.1, -0.05) is 34.1 Å². The van der Waals surface area contributed by atoms with Crippen LogP contribution in [0.25, 0.3) is 0 Å². The van der Waals surface area contributed by atoms with Crippen LogP contribution in [0.3, 0.4) is 0 Å². The highest BCUT2D eigenvalue weighted by atomic mass is 32.2. The van der Waals surface area contributed by atoms with E-state index in [2.05, 4.69) is 37.7 Å². The summed E-state index contributed by atoms with van der Waals surface area (Å²) in [6, 6.07) is 0.584. The lowest BCUT2D eigenvalue weighted by atomic mass is 9.88. The van der Waals surface area contributed by atoms with Gasteiger partial charge in [-0.2, -0.15) is 0 Å². The van der Waals surface area contributed by atoms with Gasteiger partial charge in [-0.05, 0) is 37.6 Å².